The second kappa shape index (κ2) is 6.34. The van der Waals surface area contributed by atoms with Crippen molar-refractivity contribution >= 4 is 11.5 Å². The van der Waals surface area contributed by atoms with Gasteiger partial charge in [0.25, 0.3) is 0 Å². The largest absolute Gasteiger partial charge is 0.384 e. The number of nitrogens with two attached hydrogens (primary N) is 2. The third-order valence-electron chi connectivity index (χ3n) is 4.16. The fraction of sp³-hybridized carbons (Fsp3) is 0.353. The van der Waals surface area contributed by atoms with E-state index in [2.05, 4.69) is 40.0 Å². The first-order chi connectivity index (χ1) is 10.7. The quantitative estimate of drug-likeness (QED) is 0.899. The van der Waals surface area contributed by atoms with Crippen LogP contribution in [0.15, 0.2) is 36.4 Å². The number of rotatable bonds is 3. The Hall–Kier alpha value is -2.11. The van der Waals surface area contributed by atoms with E-state index in [4.69, 9.17) is 11.5 Å². The molecule has 0 unspecified atom stereocenters. The first-order valence-electron chi connectivity index (χ1n) is 7.66. The van der Waals surface area contributed by atoms with Gasteiger partial charge >= 0.3 is 0 Å². The Balaban J connectivity index is 1.92. The van der Waals surface area contributed by atoms with E-state index in [1.165, 1.54) is 0 Å². The van der Waals surface area contributed by atoms with Gasteiger partial charge in [-0.2, -0.15) is 0 Å². The number of aromatic nitrogens is 1. The van der Waals surface area contributed by atoms with Crippen molar-refractivity contribution in [3.63, 3.8) is 0 Å². The predicted octanol–water partition coefficient (Wildman–Crippen LogP) is 1.54. The maximum Gasteiger partial charge on any atom is 0.126 e. The van der Waals surface area contributed by atoms with Crippen molar-refractivity contribution in [2.45, 2.75) is 6.54 Å². The zero-order valence-electron chi connectivity index (χ0n) is 13.0. The smallest absolute Gasteiger partial charge is 0.126 e. The van der Waals surface area contributed by atoms with Gasteiger partial charge in [0, 0.05) is 50.0 Å². The van der Waals surface area contributed by atoms with Crippen molar-refractivity contribution in [1.82, 2.24) is 9.88 Å². The zero-order valence-corrected chi connectivity index (χ0v) is 13.0. The van der Waals surface area contributed by atoms with Crippen LogP contribution in [-0.4, -0.2) is 43.1 Å². The molecule has 1 aliphatic rings. The summed E-state index contributed by atoms with van der Waals surface area (Å²) in [7, 11) is 2.15. The molecule has 1 saturated heterocycles. The van der Waals surface area contributed by atoms with E-state index in [0.717, 1.165) is 48.7 Å². The van der Waals surface area contributed by atoms with Crippen molar-refractivity contribution < 1.29 is 0 Å². The summed E-state index contributed by atoms with van der Waals surface area (Å²) < 4.78 is 0. The van der Waals surface area contributed by atoms with E-state index in [0.29, 0.717) is 12.4 Å². The Morgan fingerprint density at radius 3 is 2.59 bits per heavy atom. The molecule has 5 heteroatoms. The van der Waals surface area contributed by atoms with Gasteiger partial charge in [-0.25, -0.2) is 4.98 Å². The molecule has 0 atom stereocenters. The van der Waals surface area contributed by atoms with E-state index in [1.54, 1.807) is 0 Å². The molecule has 0 saturated carbocycles. The van der Waals surface area contributed by atoms with Crippen molar-refractivity contribution in [2.75, 3.05) is 43.9 Å². The molecule has 2 heterocycles. The van der Waals surface area contributed by atoms with Crippen LogP contribution < -0.4 is 16.4 Å². The summed E-state index contributed by atoms with van der Waals surface area (Å²) in [6.07, 6.45) is 0. The van der Waals surface area contributed by atoms with Crippen molar-refractivity contribution in [3.05, 3.63) is 42.0 Å². The Morgan fingerprint density at radius 2 is 1.86 bits per heavy atom. The van der Waals surface area contributed by atoms with E-state index in [-0.39, 0.29) is 0 Å². The number of hydrogen-bond donors (Lipinski definition) is 2. The van der Waals surface area contributed by atoms with Crippen molar-refractivity contribution in [3.8, 4) is 11.3 Å². The summed E-state index contributed by atoms with van der Waals surface area (Å²) in [5.41, 5.74) is 16.0. The SMILES string of the molecule is CN1CCN(c2cc(N)nc(-c3cccc(CN)c3)c2)CC1. The minimum atomic E-state index is 0.529. The van der Waals surface area contributed by atoms with Crippen LogP contribution >= 0.6 is 0 Å². The highest BCUT2D eigenvalue weighted by Gasteiger charge is 2.16. The third-order valence-corrected chi connectivity index (χ3v) is 4.16. The van der Waals surface area contributed by atoms with E-state index < -0.39 is 0 Å². The van der Waals surface area contributed by atoms with Gasteiger partial charge in [-0.3, -0.25) is 0 Å². The standard InChI is InChI=1S/C17H23N5/c1-21-5-7-22(8-6-21)15-10-16(20-17(19)11-15)14-4-2-3-13(9-14)12-18/h2-4,9-11H,5-8,12,18H2,1H3,(H2,19,20). The molecule has 22 heavy (non-hydrogen) atoms. The number of likely N-dealkylation sites (N-methyl/N-ethyl adjacent to an activating group) is 1. The Morgan fingerprint density at radius 1 is 1.09 bits per heavy atom. The topological polar surface area (TPSA) is 71.4 Å². The summed E-state index contributed by atoms with van der Waals surface area (Å²) in [5.74, 6) is 0.560. The molecule has 1 fully saturated rings. The average molecular weight is 297 g/mol. The number of nitrogens with zero attached hydrogens (tertiary/aromatic N) is 3. The lowest BCUT2D eigenvalue weighted by molar-refractivity contribution is 0.313. The highest BCUT2D eigenvalue weighted by atomic mass is 15.2. The average Bonchev–Trinajstić information content (AvgIpc) is 2.55. The molecular weight excluding hydrogens is 274 g/mol. The molecular formula is C17H23N5. The van der Waals surface area contributed by atoms with E-state index in [1.807, 2.05) is 18.2 Å². The molecule has 1 aromatic carbocycles. The van der Waals surface area contributed by atoms with Gasteiger partial charge in [0.2, 0.25) is 0 Å². The molecule has 1 aromatic heterocycles. The van der Waals surface area contributed by atoms with Crippen LogP contribution in [0.5, 0.6) is 0 Å². The molecule has 0 amide bonds. The summed E-state index contributed by atoms with van der Waals surface area (Å²) in [6.45, 7) is 4.70. The van der Waals surface area contributed by atoms with Gasteiger partial charge in [-0.1, -0.05) is 18.2 Å². The normalized spacial score (nSPS) is 16.0. The second-order valence-corrected chi connectivity index (χ2v) is 5.83. The maximum atomic E-state index is 6.03. The molecule has 2 aromatic rings. The van der Waals surface area contributed by atoms with Crippen LogP contribution in [0.2, 0.25) is 0 Å². The fourth-order valence-electron chi connectivity index (χ4n) is 2.79. The molecule has 0 bridgehead atoms. The summed E-state index contributed by atoms with van der Waals surface area (Å²) in [4.78, 5) is 9.20. The molecule has 3 rings (SSSR count). The van der Waals surface area contributed by atoms with Crippen LogP contribution in [0.3, 0.4) is 0 Å². The summed E-state index contributed by atoms with van der Waals surface area (Å²) in [6, 6.07) is 12.2. The molecule has 0 aliphatic carbocycles. The first kappa shape index (κ1) is 14.8. The Labute approximate surface area is 131 Å². The molecule has 0 radical (unpaired) electrons. The van der Waals surface area contributed by atoms with Crippen molar-refractivity contribution in [2.24, 2.45) is 5.73 Å². The van der Waals surface area contributed by atoms with E-state index in [9.17, 15) is 0 Å². The van der Waals surface area contributed by atoms with Crippen molar-refractivity contribution in [1.29, 1.82) is 0 Å². The maximum absolute atomic E-state index is 6.03. The minimum absolute atomic E-state index is 0.529. The van der Waals surface area contributed by atoms with Crippen LogP contribution in [0.4, 0.5) is 11.5 Å². The lowest BCUT2D eigenvalue weighted by Gasteiger charge is -2.34. The predicted molar refractivity (Wildman–Crippen MR) is 91.7 cm³/mol. The molecule has 4 N–H and O–H groups in total. The second-order valence-electron chi connectivity index (χ2n) is 5.83. The van der Waals surface area contributed by atoms with Gasteiger partial charge in [-0.05, 0) is 24.7 Å². The summed E-state index contributed by atoms with van der Waals surface area (Å²) >= 11 is 0. The summed E-state index contributed by atoms with van der Waals surface area (Å²) in [5, 5.41) is 0. The first-order valence-corrected chi connectivity index (χ1v) is 7.66. The molecule has 116 valence electrons. The van der Waals surface area contributed by atoms with Crippen LogP contribution in [0, 0.1) is 0 Å². The van der Waals surface area contributed by atoms with Crippen LogP contribution in [0.25, 0.3) is 11.3 Å². The molecule has 0 spiro atoms. The highest BCUT2D eigenvalue weighted by Crippen LogP contribution is 2.26. The van der Waals surface area contributed by atoms with Crippen LogP contribution in [-0.2, 0) is 6.54 Å². The van der Waals surface area contributed by atoms with Gasteiger partial charge in [0.15, 0.2) is 0 Å². The number of hydrogen-bond acceptors (Lipinski definition) is 5. The Kier molecular flexibility index (Phi) is 4.27. The van der Waals surface area contributed by atoms with Gasteiger partial charge in [-0.15, -0.1) is 0 Å². The van der Waals surface area contributed by atoms with Gasteiger partial charge in [0.05, 0.1) is 5.69 Å². The number of benzene rings is 1. The van der Waals surface area contributed by atoms with Gasteiger partial charge < -0.3 is 21.3 Å². The minimum Gasteiger partial charge on any atom is -0.384 e. The van der Waals surface area contributed by atoms with E-state index >= 15 is 0 Å². The zero-order chi connectivity index (χ0) is 15.5. The third kappa shape index (κ3) is 3.21. The number of piperazine rings is 1. The highest BCUT2D eigenvalue weighted by molar-refractivity contribution is 5.68. The lowest BCUT2D eigenvalue weighted by Crippen LogP contribution is -2.44. The Bertz CT molecular complexity index is 647. The molecule has 5 nitrogen and oxygen atoms in total. The monoisotopic (exact) mass is 297 g/mol. The fourth-order valence-corrected chi connectivity index (χ4v) is 2.79. The number of nitrogen functional groups attached to an aromatic ring is 1. The lowest BCUT2D eigenvalue weighted by atomic mass is 10.1. The van der Waals surface area contributed by atoms with Crippen LogP contribution in [0.1, 0.15) is 5.56 Å². The molecule has 1 aliphatic heterocycles. The van der Waals surface area contributed by atoms with Gasteiger partial charge in [0.1, 0.15) is 5.82 Å². The number of anilines is 2. The number of pyridine rings is 1.